The summed E-state index contributed by atoms with van der Waals surface area (Å²) >= 11 is 0. The van der Waals surface area contributed by atoms with Gasteiger partial charge in [-0.25, -0.2) is 0 Å². The highest BCUT2D eigenvalue weighted by Gasteiger charge is 1.57. The molecule has 0 amide bonds. The van der Waals surface area contributed by atoms with Crippen LogP contribution in [-0.4, -0.2) is 12.2 Å². The lowest BCUT2D eigenvalue weighted by atomic mass is 10.4. The zero-order valence-electron chi connectivity index (χ0n) is 6.58. The highest BCUT2D eigenvalue weighted by Crippen LogP contribution is 1.79. The molecule has 0 bridgehead atoms. The second kappa shape index (κ2) is 22.4. The number of rotatable bonds is 0. The van der Waals surface area contributed by atoms with Crippen molar-refractivity contribution in [1.82, 2.24) is 0 Å². The Morgan fingerprint density at radius 2 is 0.769 bits per heavy atom. The average molecular weight is 243 g/mol. The van der Waals surface area contributed by atoms with E-state index in [4.69, 9.17) is 20.4 Å². The van der Waals surface area contributed by atoms with Crippen LogP contribution in [0.2, 0.25) is 0 Å². The summed E-state index contributed by atoms with van der Waals surface area (Å²) in [4.78, 5) is 16.5. The zero-order valence-corrected chi connectivity index (χ0v) is 8.30. The van der Waals surface area contributed by atoms with Gasteiger partial charge in [0, 0.05) is 0 Å². The van der Waals surface area contributed by atoms with Crippen molar-refractivity contribution in [3.8, 4) is 0 Å². The van der Waals surface area contributed by atoms with Gasteiger partial charge in [-0.15, -0.1) is 17.0 Å². The monoisotopic (exact) mass is 242 g/mol. The lowest BCUT2D eigenvalue weighted by molar-refractivity contribution is 0.568. The molecule has 1 rings (SSSR count). The summed E-state index contributed by atoms with van der Waals surface area (Å²) in [6.45, 7) is 0. The minimum atomic E-state index is 0. The molecule has 0 aliphatic carbocycles. The molecule has 0 saturated heterocycles. The van der Waals surface area contributed by atoms with Gasteiger partial charge in [-0.1, -0.05) is 36.4 Å². The molecule has 0 atom stereocenters. The first-order valence-corrected chi connectivity index (χ1v) is 2.86. The van der Waals surface area contributed by atoms with Gasteiger partial charge in [0.05, 0.1) is 0 Å². The summed E-state index contributed by atoms with van der Waals surface area (Å²) in [5, 5.41) is 13.5. The van der Waals surface area contributed by atoms with Crippen LogP contribution < -0.4 is 0 Å². The van der Waals surface area contributed by atoms with Crippen molar-refractivity contribution in [1.29, 1.82) is 0 Å². The second-order valence-electron chi connectivity index (χ2n) is 1.34. The number of hydrogen-bond donors (Lipinski definition) is 0. The van der Waals surface area contributed by atoms with Gasteiger partial charge < -0.3 is 10.8 Å². The third-order valence-electron chi connectivity index (χ3n) is 0.667. The lowest BCUT2D eigenvalue weighted by Crippen LogP contribution is -1.47. The van der Waals surface area contributed by atoms with E-state index in [0.717, 1.165) is 0 Å². The normalized spacial score (nSPS) is 4.92. The average Bonchev–Trinajstić information content (AvgIpc) is 2.10. The largest absolute Gasteiger partial charge is 0.724 e. The number of halogens is 1. The predicted octanol–water partition coefficient (Wildman–Crippen LogP) is 2.05. The topological polar surface area (TPSA) is 78.7 Å². The number of benzene rings is 1. The Morgan fingerprint density at radius 3 is 0.846 bits per heavy atom. The summed E-state index contributed by atoms with van der Waals surface area (Å²) in [6.07, 6.45) is 1.00. The van der Waals surface area contributed by atoms with Crippen LogP contribution >= 0.6 is 17.0 Å². The van der Waals surface area contributed by atoms with Crippen molar-refractivity contribution in [2.45, 2.75) is 0 Å². The van der Waals surface area contributed by atoms with E-state index in [0.29, 0.717) is 12.2 Å². The summed E-state index contributed by atoms with van der Waals surface area (Å²) in [6, 6.07) is 12.0. The quantitative estimate of drug-likeness (QED) is 0.516. The third-order valence-corrected chi connectivity index (χ3v) is 0.667. The van der Waals surface area contributed by atoms with Gasteiger partial charge in [0.1, 0.15) is 0 Å². The van der Waals surface area contributed by atoms with Crippen molar-refractivity contribution in [2.24, 2.45) is 0 Å². The van der Waals surface area contributed by atoms with Crippen LogP contribution in [0.5, 0.6) is 0 Å². The van der Waals surface area contributed by atoms with Gasteiger partial charge in [0.25, 0.3) is 0 Å². The lowest BCUT2D eigenvalue weighted by Gasteiger charge is -1.69. The maximum absolute atomic E-state index is 8.24. The van der Waals surface area contributed by atoms with Crippen molar-refractivity contribution in [3.63, 3.8) is 0 Å². The zero-order chi connectivity index (χ0) is 9.66. The van der Waals surface area contributed by atoms with Crippen LogP contribution in [-0.2, 0) is 9.59 Å². The molecule has 0 spiro atoms. The van der Waals surface area contributed by atoms with Gasteiger partial charge in [0.15, 0.2) is 0 Å². The van der Waals surface area contributed by atoms with E-state index in [2.05, 4.69) is 0 Å². The fraction of sp³-hybridized carbons (Fsp3) is 0. The Kier molecular flexibility index (Phi) is 30.2. The third kappa shape index (κ3) is 37.6. The minimum Gasteiger partial charge on any atom is -0.724 e. The first-order valence-electron chi connectivity index (χ1n) is 2.86. The molecule has 0 aliphatic rings. The number of hydrogen-bond acceptors (Lipinski definition) is 2. The molecular formula is C8H7BrN2O2-2. The fourth-order valence-corrected chi connectivity index (χ4v) is 0.385. The Bertz CT molecular complexity index is 201. The van der Waals surface area contributed by atoms with E-state index in [1.54, 1.807) is 0 Å². The van der Waals surface area contributed by atoms with E-state index in [-0.39, 0.29) is 17.0 Å². The van der Waals surface area contributed by atoms with Crippen molar-refractivity contribution < 1.29 is 9.59 Å². The number of isocyanates is 2. The molecule has 13 heavy (non-hydrogen) atoms. The highest BCUT2D eigenvalue weighted by atomic mass is 79.9. The number of carbonyl (C=O) groups excluding carboxylic acids is 2. The maximum Gasteiger partial charge on any atom is -0.0159 e. The molecule has 5 heteroatoms. The van der Waals surface area contributed by atoms with Crippen LogP contribution in [0.25, 0.3) is 10.8 Å². The van der Waals surface area contributed by atoms with E-state index >= 15 is 0 Å². The maximum atomic E-state index is 8.24. The van der Waals surface area contributed by atoms with Crippen molar-refractivity contribution >= 4 is 29.1 Å². The predicted molar refractivity (Wildman–Crippen MR) is 54.9 cm³/mol. The Hall–Kier alpha value is -1.54. The molecule has 0 radical (unpaired) electrons. The van der Waals surface area contributed by atoms with Crippen molar-refractivity contribution in [3.05, 3.63) is 47.2 Å². The molecule has 0 aliphatic heterocycles. The first-order chi connectivity index (χ1) is 5.83. The molecule has 0 aromatic heterocycles. The van der Waals surface area contributed by atoms with E-state index < -0.39 is 0 Å². The first kappa shape index (κ1) is 17.5. The molecule has 1 aromatic carbocycles. The summed E-state index contributed by atoms with van der Waals surface area (Å²) < 4.78 is 0. The van der Waals surface area contributed by atoms with Crippen LogP contribution in [0.4, 0.5) is 0 Å². The Morgan fingerprint density at radius 1 is 0.692 bits per heavy atom. The van der Waals surface area contributed by atoms with E-state index in [1.807, 2.05) is 36.4 Å². The molecule has 70 valence electrons. The van der Waals surface area contributed by atoms with Gasteiger partial charge in [-0.05, 0) is 12.2 Å². The molecule has 0 saturated carbocycles. The highest BCUT2D eigenvalue weighted by molar-refractivity contribution is 8.93. The fourth-order valence-electron chi connectivity index (χ4n) is 0.385. The summed E-state index contributed by atoms with van der Waals surface area (Å²) in [5.41, 5.74) is 0. The molecule has 1 aromatic rings. The van der Waals surface area contributed by atoms with Gasteiger partial charge in [-0.3, -0.25) is 9.59 Å². The van der Waals surface area contributed by atoms with E-state index in [9.17, 15) is 0 Å². The van der Waals surface area contributed by atoms with Gasteiger partial charge >= 0.3 is 0 Å². The van der Waals surface area contributed by atoms with Gasteiger partial charge in [-0.2, -0.15) is 0 Å². The summed E-state index contributed by atoms with van der Waals surface area (Å²) in [5.74, 6) is 0. The van der Waals surface area contributed by atoms with Gasteiger partial charge in [0.2, 0.25) is 0 Å². The van der Waals surface area contributed by atoms with Crippen LogP contribution in [0.1, 0.15) is 0 Å². The SMILES string of the molecule is Br.[N-]=C=O.[N-]=C=O.c1ccccc1. The van der Waals surface area contributed by atoms with E-state index in [1.165, 1.54) is 0 Å². The second-order valence-corrected chi connectivity index (χ2v) is 1.34. The number of nitrogens with zero attached hydrogens (tertiary/aromatic N) is 2. The standard InChI is InChI=1S/C6H6.2CNO.BrH/c1-2-4-6-5-3-1;2*2-1-3;/h1-6H;;;1H/q;2*-1;. The minimum absolute atomic E-state index is 0. The Balaban J connectivity index is -0.000000126. The molecular weight excluding hydrogens is 236 g/mol. The smallest absolute Gasteiger partial charge is 0.0159 e. The Labute approximate surface area is 86.4 Å². The molecule has 0 heterocycles. The molecule has 4 nitrogen and oxygen atoms in total. The molecule has 0 fully saturated rings. The molecule has 0 N–H and O–H groups in total. The molecule has 0 unspecified atom stereocenters. The van der Waals surface area contributed by atoms with Crippen LogP contribution in [0.15, 0.2) is 36.4 Å². The van der Waals surface area contributed by atoms with Crippen LogP contribution in [0.3, 0.4) is 0 Å². The van der Waals surface area contributed by atoms with Crippen molar-refractivity contribution in [2.75, 3.05) is 0 Å². The summed E-state index contributed by atoms with van der Waals surface area (Å²) in [7, 11) is 0. The van der Waals surface area contributed by atoms with Crippen LogP contribution in [0, 0.1) is 0 Å².